The van der Waals surface area contributed by atoms with E-state index in [0.717, 1.165) is 5.56 Å². The van der Waals surface area contributed by atoms with Crippen LogP contribution in [0.4, 0.5) is 5.69 Å². The number of aryl methyl sites for hydroxylation is 1. The van der Waals surface area contributed by atoms with Gasteiger partial charge in [-0.2, -0.15) is 0 Å². The number of carbonyl (C=O) groups is 2. The topological polar surface area (TPSA) is 119 Å². The van der Waals surface area contributed by atoms with Gasteiger partial charge in [-0.05, 0) is 61.9 Å². The monoisotopic (exact) mass is 469 g/mol. The number of hydrogen-bond acceptors (Lipinski definition) is 6. The van der Waals surface area contributed by atoms with Gasteiger partial charge < -0.3 is 14.6 Å². The van der Waals surface area contributed by atoms with Crippen LogP contribution in [0.25, 0.3) is 0 Å². The Morgan fingerprint density at radius 2 is 1.73 bits per heavy atom. The molecule has 0 heterocycles. The second-order valence-corrected chi connectivity index (χ2v) is 8.85. The van der Waals surface area contributed by atoms with E-state index in [2.05, 4.69) is 4.72 Å². The minimum atomic E-state index is -4.00. The SMILES string of the molecule is CCOC(=O)Cc1cccc(Oc2ccc(C(=O)O)cc2NS(=O)(=O)c2ccc(C)cc2)c1. The molecule has 0 unspecified atom stereocenters. The highest BCUT2D eigenvalue weighted by Gasteiger charge is 2.19. The molecule has 0 bridgehead atoms. The summed E-state index contributed by atoms with van der Waals surface area (Å²) in [5.41, 5.74) is 1.40. The largest absolute Gasteiger partial charge is 0.478 e. The van der Waals surface area contributed by atoms with E-state index >= 15 is 0 Å². The van der Waals surface area contributed by atoms with Gasteiger partial charge in [-0.3, -0.25) is 9.52 Å². The lowest BCUT2D eigenvalue weighted by molar-refractivity contribution is -0.142. The predicted molar refractivity (Wildman–Crippen MR) is 122 cm³/mol. The summed E-state index contributed by atoms with van der Waals surface area (Å²) in [6, 6.07) is 16.8. The van der Waals surface area contributed by atoms with E-state index in [1.54, 1.807) is 43.3 Å². The molecule has 0 aromatic heterocycles. The fourth-order valence-electron chi connectivity index (χ4n) is 2.98. The van der Waals surface area contributed by atoms with E-state index in [0.29, 0.717) is 11.3 Å². The summed E-state index contributed by atoms with van der Waals surface area (Å²) >= 11 is 0. The van der Waals surface area contributed by atoms with Gasteiger partial charge >= 0.3 is 11.9 Å². The zero-order valence-electron chi connectivity index (χ0n) is 18.1. The van der Waals surface area contributed by atoms with Crippen LogP contribution in [-0.2, 0) is 26.0 Å². The van der Waals surface area contributed by atoms with E-state index < -0.39 is 16.0 Å². The predicted octanol–water partition coefficient (Wildman–Crippen LogP) is 4.39. The van der Waals surface area contributed by atoms with Crippen molar-refractivity contribution in [3.05, 3.63) is 83.4 Å². The van der Waals surface area contributed by atoms with Gasteiger partial charge in [-0.1, -0.05) is 29.8 Å². The summed E-state index contributed by atoms with van der Waals surface area (Å²) in [5, 5.41) is 9.34. The Bertz CT molecular complexity index is 1270. The molecule has 9 heteroatoms. The molecule has 3 rings (SSSR count). The molecule has 0 aliphatic rings. The molecule has 0 radical (unpaired) electrons. The Balaban J connectivity index is 1.92. The first kappa shape index (κ1) is 23.8. The quantitative estimate of drug-likeness (QED) is 0.446. The van der Waals surface area contributed by atoms with Crippen molar-refractivity contribution < 1.29 is 32.6 Å². The molecule has 0 amide bonds. The number of benzene rings is 3. The van der Waals surface area contributed by atoms with Gasteiger partial charge in [0.05, 0.1) is 29.2 Å². The highest BCUT2D eigenvalue weighted by Crippen LogP contribution is 2.33. The van der Waals surface area contributed by atoms with Gasteiger partial charge in [-0.15, -0.1) is 0 Å². The molecule has 0 aliphatic heterocycles. The zero-order valence-corrected chi connectivity index (χ0v) is 18.9. The fourth-order valence-corrected chi connectivity index (χ4v) is 4.04. The number of sulfonamides is 1. The molecule has 3 aromatic rings. The summed E-state index contributed by atoms with van der Waals surface area (Å²) in [6.07, 6.45) is 0.0515. The molecule has 8 nitrogen and oxygen atoms in total. The Morgan fingerprint density at radius 1 is 1.00 bits per heavy atom. The van der Waals surface area contributed by atoms with Crippen molar-refractivity contribution in [1.82, 2.24) is 0 Å². The molecule has 0 saturated heterocycles. The van der Waals surface area contributed by atoms with Crippen LogP contribution in [0.3, 0.4) is 0 Å². The summed E-state index contributed by atoms with van der Waals surface area (Å²) in [5.74, 6) is -1.15. The van der Waals surface area contributed by atoms with Crippen LogP contribution >= 0.6 is 0 Å². The molecule has 172 valence electrons. The van der Waals surface area contributed by atoms with Crippen molar-refractivity contribution in [2.75, 3.05) is 11.3 Å². The van der Waals surface area contributed by atoms with Crippen LogP contribution in [0.5, 0.6) is 11.5 Å². The third-order valence-corrected chi connectivity index (χ3v) is 5.96. The van der Waals surface area contributed by atoms with Gasteiger partial charge in [0.1, 0.15) is 5.75 Å². The number of hydrogen-bond donors (Lipinski definition) is 2. The van der Waals surface area contributed by atoms with Gasteiger partial charge in [0.25, 0.3) is 10.0 Å². The fraction of sp³-hybridized carbons (Fsp3) is 0.167. The number of carboxylic acids is 1. The van der Waals surface area contributed by atoms with Gasteiger partial charge in [0.15, 0.2) is 5.75 Å². The summed E-state index contributed by atoms with van der Waals surface area (Å²) in [7, 11) is -4.00. The highest BCUT2D eigenvalue weighted by atomic mass is 32.2. The van der Waals surface area contributed by atoms with Crippen molar-refractivity contribution in [2.24, 2.45) is 0 Å². The number of esters is 1. The highest BCUT2D eigenvalue weighted by molar-refractivity contribution is 7.92. The van der Waals surface area contributed by atoms with E-state index in [1.165, 1.54) is 30.3 Å². The van der Waals surface area contributed by atoms with Crippen LogP contribution in [0.1, 0.15) is 28.4 Å². The van der Waals surface area contributed by atoms with E-state index in [9.17, 15) is 23.1 Å². The van der Waals surface area contributed by atoms with Gasteiger partial charge in [0, 0.05) is 0 Å². The lowest BCUT2D eigenvalue weighted by Gasteiger charge is -2.15. The van der Waals surface area contributed by atoms with Crippen LogP contribution in [-0.4, -0.2) is 32.1 Å². The minimum Gasteiger partial charge on any atom is -0.478 e. The molecular formula is C24H23NO7S. The van der Waals surface area contributed by atoms with Gasteiger partial charge in [-0.25, -0.2) is 13.2 Å². The van der Waals surface area contributed by atoms with Crippen LogP contribution in [0, 0.1) is 6.92 Å². The third kappa shape index (κ3) is 6.33. The Labute approximate surface area is 191 Å². The number of carbonyl (C=O) groups excluding carboxylic acids is 1. The number of aromatic carboxylic acids is 1. The lowest BCUT2D eigenvalue weighted by Crippen LogP contribution is -2.14. The second-order valence-electron chi connectivity index (χ2n) is 7.17. The second kappa shape index (κ2) is 10.2. The van der Waals surface area contributed by atoms with Crippen LogP contribution < -0.4 is 9.46 Å². The molecule has 33 heavy (non-hydrogen) atoms. The minimum absolute atomic E-state index is 0.0243. The van der Waals surface area contributed by atoms with Gasteiger partial charge in [0.2, 0.25) is 0 Å². The third-order valence-electron chi connectivity index (χ3n) is 4.58. The normalized spacial score (nSPS) is 11.0. The molecule has 0 spiro atoms. The van der Waals surface area contributed by atoms with Crippen molar-refractivity contribution in [3.63, 3.8) is 0 Å². The number of carboxylic acid groups (broad SMARTS) is 1. The summed E-state index contributed by atoms with van der Waals surface area (Å²) in [6.45, 7) is 3.83. The Morgan fingerprint density at radius 3 is 2.39 bits per heavy atom. The maximum atomic E-state index is 12.9. The molecule has 2 N–H and O–H groups in total. The van der Waals surface area contributed by atoms with Crippen LogP contribution in [0.2, 0.25) is 0 Å². The number of ether oxygens (including phenoxy) is 2. The maximum Gasteiger partial charge on any atom is 0.335 e. The first-order valence-electron chi connectivity index (χ1n) is 10.1. The number of rotatable bonds is 9. The Hall–Kier alpha value is -3.85. The molecular weight excluding hydrogens is 446 g/mol. The van der Waals surface area contributed by atoms with Crippen molar-refractivity contribution in [2.45, 2.75) is 25.2 Å². The standard InChI is InChI=1S/C24H23NO7S/c1-3-31-23(26)14-17-5-4-6-19(13-17)32-22-12-9-18(24(27)28)15-21(22)25-33(29,30)20-10-7-16(2)8-11-20/h4-13,15,25H,3,14H2,1-2H3,(H,27,28). The molecule has 3 aromatic carbocycles. The van der Waals surface area contributed by atoms with E-state index in [-0.39, 0.29) is 40.9 Å². The van der Waals surface area contributed by atoms with Crippen LogP contribution in [0.15, 0.2) is 71.6 Å². The number of anilines is 1. The summed E-state index contributed by atoms with van der Waals surface area (Å²) < 4.78 is 39.0. The maximum absolute atomic E-state index is 12.9. The average Bonchev–Trinajstić information content (AvgIpc) is 2.75. The average molecular weight is 470 g/mol. The van der Waals surface area contributed by atoms with Crippen molar-refractivity contribution in [3.8, 4) is 11.5 Å². The number of nitrogens with one attached hydrogen (secondary N) is 1. The summed E-state index contributed by atoms with van der Waals surface area (Å²) in [4.78, 5) is 23.2. The molecule has 0 aliphatic carbocycles. The van der Waals surface area contributed by atoms with E-state index in [4.69, 9.17) is 9.47 Å². The lowest BCUT2D eigenvalue weighted by atomic mass is 10.1. The van der Waals surface area contributed by atoms with Crippen molar-refractivity contribution >= 4 is 27.6 Å². The first-order chi connectivity index (χ1) is 15.7. The molecule has 0 saturated carbocycles. The molecule has 0 atom stereocenters. The van der Waals surface area contributed by atoms with Crippen molar-refractivity contribution in [1.29, 1.82) is 0 Å². The zero-order chi connectivity index (χ0) is 24.0. The Kier molecular flexibility index (Phi) is 7.34. The first-order valence-corrected chi connectivity index (χ1v) is 11.6. The molecule has 0 fully saturated rings. The van der Waals surface area contributed by atoms with E-state index in [1.807, 2.05) is 6.92 Å². The smallest absolute Gasteiger partial charge is 0.335 e.